The number of hydrogen-bond donors (Lipinski definition) is 1. The van der Waals surface area contributed by atoms with E-state index in [1.807, 2.05) is 0 Å². The monoisotopic (exact) mass is 258 g/mol. The first-order valence-corrected chi connectivity index (χ1v) is 5.59. The molecule has 0 spiro atoms. The molecule has 1 aromatic rings. The fourth-order valence-corrected chi connectivity index (χ4v) is 1.71. The maximum atomic E-state index is 12.4. The third kappa shape index (κ3) is 2.81. The van der Waals surface area contributed by atoms with Crippen molar-refractivity contribution in [2.45, 2.75) is 18.7 Å². The van der Waals surface area contributed by atoms with Crippen LogP contribution in [0.5, 0.6) is 0 Å². The summed E-state index contributed by atoms with van der Waals surface area (Å²) in [5.74, 6) is 0.391. The number of halogens is 3. The molecule has 18 heavy (non-hydrogen) atoms. The van der Waals surface area contributed by atoms with Crippen LogP contribution in [0.15, 0.2) is 29.3 Å². The quantitative estimate of drug-likeness (QED) is 0.903. The first-order chi connectivity index (χ1) is 8.50. The molecule has 6 heteroatoms. The highest BCUT2D eigenvalue weighted by Crippen LogP contribution is 2.29. The lowest BCUT2D eigenvalue weighted by molar-refractivity contribution is -0.137. The molecule has 1 unspecified atom stereocenters. The van der Waals surface area contributed by atoms with Crippen LogP contribution in [-0.2, 0) is 10.9 Å². The molecule has 0 amide bonds. The van der Waals surface area contributed by atoms with Crippen LogP contribution in [0, 0.1) is 0 Å². The Morgan fingerprint density at radius 1 is 1.28 bits per heavy atom. The van der Waals surface area contributed by atoms with Crippen molar-refractivity contribution in [3.8, 4) is 0 Å². The molecule has 0 saturated carbocycles. The Labute approximate surface area is 102 Å². The van der Waals surface area contributed by atoms with E-state index in [-0.39, 0.29) is 6.10 Å². The largest absolute Gasteiger partial charge is 0.472 e. The summed E-state index contributed by atoms with van der Waals surface area (Å²) in [6.07, 6.45) is -3.70. The van der Waals surface area contributed by atoms with Gasteiger partial charge in [-0.2, -0.15) is 13.2 Å². The third-order valence-corrected chi connectivity index (χ3v) is 2.66. The first-order valence-electron chi connectivity index (χ1n) is 5.59. The molecular weight excluding hydrogens is 245 g/mol. The van der Waals surface area contributed by atoms with Gasteiger partial charge in [-0.3, -0.25) is 0 Å². The van der Waals surface area contributed by atoms with Crippen molar-refractivity contribution in [2.75, 3.05) is 13.1 Å². The molecule has 0 aromatic heterocycles. The molecule has 98 valence electrons. The van der Waals surface area contributed by atoms with Gasteiger partial charge in [0.1, 0.15) is 6.10 Å². The number of nitrogens with zero attached hydrogens (tertiary/aromatic N) is 1. The van der Waals surface area contributed by atoms with E-state index in [4.69, 9.17) is 10.5 Å². The van der Waals surface area contributed by atoms with Gasteiger partial charge < -0.3 is 10.5 Å². The summed E-state index contributed by atoms with van der Waals surface area (Å²) in [5.41, 5.74) is 5.28. The second kappa shape index (κ2) is 4.97. The molecule has 0 radical (unpaired) electrons. The van der Waals surface area contributed by atoms with Crippen molar-refractivity contribution in [1.29, 1.82) is 0 Å². The normalized spacial score (nSPS) is 19.6. The lowest BCUT2D eigenvalue weighted by Gasteiger charge is -2.10. The predicted molar refractivity (Wildman–Crippen MR) is 61.4 cm³/mol. The molecule has 0 bridgehead atoms. The molecule has 1 aliphatic rings. The van der Waals surface area contributed by atoms with E-state index in [0.717, 1.165) is 12.1 Å². The lowest BCUT2D eigenvalue weighted by Crippen LogP contribution is -2.18. The minimum atomic E-state index is -4.32. The zero-order chi connectivity index (χ0) is 13.2. The number of rotatable bonds is 3. The van der Waals surface area contributed by atoms with Crippen LogP contribution in [-0.4, -0.2) is 25.1 Å². The Kier molecular flexibility index (Phi) is 3.56. The lowest BCUT2D eigenvalue weighted by atomic mass is 10.1. The summed E-state index contributed by atoms with van der Waals surface area (Å²) >= 11 is 0. The smallest absolute Gasteiger partial charge is 0.416 e. The van der Waals surface area contributed by atoms with Crippen LogP contribution >= 0.6 is 0 Å². The van der Waals surface area contributed by atoms with Crippen molar-refractivity contribution >= 4 is 5.90 Å². The van der Waals surface area contributed by atoms with E-state index in [1.54, 1.807) is 0 Å². The molecule has 2 rings (SSSR count). The number of hydrogen-bond acceptors (Lipinski definition) is 3. The highest BCUT2D eigenvalue weighted by Gasteiger charge is 2.30. The Bertz CT molecular complexity index is 440. The van der Waals surface area contributed by atoms with Gasteiger partial charge in [-0.1, -0.05) is 0 Å². The molecule has 1 atom stereocenters. The molecule has 1 heterocycles. The summed E-state index contributed by atoms with van der Waals surface area (Å²) in [4.78, 5) is 4.16. The van der Waals surface area contributed by atoms with Gasteiger partial charge in [-0.05, 0) is 37.2 Å². The Morgan fingerprint density at radius 2 is 1.94 bits per heavy atom. The number of alkyl halides is 3. The molecule has 1 aliphatic heterocycles. The van der Waals surface area contributed by atoms with Crippen molar-refractivity contribution < 1.29 is 17.9 Å². The van der Waals surface area contributed by atoms with Crippen LogP contribution in [0.4, 0.5) is 13.2 Å². The second-order valence-electron chi connectivity index (χ2n) is 4.04. The van der Waals surface area contributed by atoms with Crippen LogP contribution in [0.25, 0.3) is 0 Å². The molecule has 3 nitrogen and oxygen atoms in total. The van der Waals surface area contributed by atoms with Crippen molar-refractivity contribution in [2.24, 2.45) is 10.7 Å². The van der Waals surface area contributed by atoms with Gasteiger partial charge in [0.2, 0.25) is 5.90 Å². The fraction of sp³-hybridized carbons (Fsp3) is 0.417. The standard InChI is InChI=1S/C12H13F3N2O/c13-12(14,15)9-3-1-8(2-4-9)11-17-7-10(18-11)5-6-16/h1-4,10H,5-7,16H2. The van der Waals surface area contributed by atoms with E-state index in [9.17, 15) is 13.2 Å². The average Bonchev–Trinajstić information content (AvgIpc) is 2.77. The zero-order valence-electron chi connectivity index (χ0n) is 9.57. The molecule has 0 fully saturated rings. The minimum absolute atomic E-state index is 0.0627. The van der Waals surface area contributed by atoms with Gasteiger partial charge in [-0.15, -0.1) is 0 Å². The van der Waals surface area contributed by atoms with Gasteiger partial charge in [0.25, 0.3) is 0 Å². The van der Waals surface area contributed by atoms with Gasteiger partial charge in [0.15, 0.2) is 0 Å². The summed E-state index contributed by atoms with van der Waals surface area (Å²) < 4.78 is 42.7. The van der Waals surface area contributed by atoms with E-state index in [2.05, 4.69) is 4.99 Å². The first kappa shape index (κ1) is 12.9. The highest BCUT2D eigenvalue weighted by atomic mass is 19.4. The average molecular weight is 258 g/mol. The Balaban J connectivity index is 2.07. The van der Waals surface area contributed by atoms with Crippen LogP contribution in [0.3, 0.4) is 0 Å². The van der Waals surface area contributed by atoms with Crippen LogP contribution in [0.2, 0.25) is 0 Å². The summed E-state index contributed by atoms with van der Waals surface area (Å²) in [7, 11) is 0. The fourth-order valence-electron chi connectivity index (χ4n) is 1.71. The molecule has 0 aliphatic carbocycles. The van der Waals surface area contributed by atoms with Crippen LogP contribution < -0.4 is 5.73 Å². The Hall–Kier alpha value is -1.56. The van der Waals surface area contributed by atoms with E-state index in [0.29, 0.717) is 31.0 Å². The Morgan fingerprint density at radius 3 is 2.50 bits per heavy atom. The van der Waals surface area contributed by atoms with Gasteiger partial charge in [0.05, 0.1) is 12.1 Å². The number of aliphatic imine (C=N–C) groups is 1. The summed E-state index contributed by atoms with van der Waals surface area (Å²) in [6, 6.07) is 4.79. The van der Waals surface area contributed by atoms with E-state index in [1.165, 1.54) is 12.1 Å². The third-order valence-electron chi connectivity index (χ3n) is 2.66. The van der Waals surface area contributed by atoms with Crippen molar-refractivity contribution in [3.63, 3.8) is 0 Å². The molecule has 1 aromatic carbocycles. The van der Waals surface area contributed by atoms with Crippen LogP contribution in [0.1, 0.15) is 17.5 Å². The topological polar surface area (TPSA) is 47.6 Å². The molecule has 0 saturated heterocycles. The van der Waals surface area contributed by atoms with Gasteiger partial charge >= 0.3 is 6.18 Å². The second-order valence-corrected chi connectivity index (χ2v) is 4.04. The number of benzene rings is 1. The summed E-state index contributed by atoms with van der Waals surface area (Å²) in [6.45, 7) is 1.01. The minimum Gasteiger partial charge on any atom is -0.472 e. The zero-order valence-corrected chi connectivity index (χ0v) is 9.57. The van der Waals surface area contributed by atoms with Gasteiger partial charge in [-0.25, -0.2) is 4.99 Å². The molecular formula is C12H13F3N2O. The SMILES string of the molecule is NCCC1CN=C(c2ccc(C(F)(F)F)cc2)O1. The predicted octanol–water partition coefficient (Wildman–Crippen LogP) is 2.20. The van der Waals surface area contributed by atoms with Crippen molar-refractivity contribution in [1.82, 2.24) is 0 Å². The highest BCUT2D eigenvalue weighted by molar-refractivity contribution is 5.95. The maximum absolute atomic E-state index is 12.4. The van der Waals surface area contributed by atoms with E-state index < -0.39 is 11.7 Å². The number of nitrogens with two attached hydrogens (primary N) is 1. The number of ether oxygens (including phenoxy) is 1. The van der Waals surface area contributed by atoms with Crippen molar-refractivity contribution in [3.05, 3.63) is 35.4 Å². The maximum Gasteiger partial charge on any atom is 0.416 e. The van der Waals surface area contributed by atoms with Gasteiger partial charge in [0, 0.05) is 5.56 Å². The van der Waals surface area contributed by atoms with E-state index >= 15 is 0 Å². The molecule has 2 N–H and O–H groups in total. The summed E-state index contributed by atoms with van der Waals surface area (Å²) in [5, 5.41) is 0.